The fourth-order valence-electron chi connectivity index (χ4n) is 2.64. The van der Waals surface area contributed by atoms with Crippen LogP contribution >= 0.6 is 35.2 Å². The molecular formula is C19H22ClN3O3S2. The molecule has 1 heterocycles. The molecule has 0 saturated heterocycles. The highest BCUT2D eigenvalue weighted by molar-refractivity contribution is 7.80. The molecular weight excluding hydrogens is 418 g/mol. The van der Waals surface area contributed by atoms with Crippen LogP contribution in [0.15, 0.2) is 24.3 Å². The molecule has 0 bridgehead atoms. The van der Waals surface area contributed by atoms with Crippen LogP contribution in [0.1, 0.15) is 39.4 Å². The Bertz CT molecular complexity index is 895. The molecule has 1 amide bonds. The van der Waals surface area contributed by atoms with Gasteiger partial charge in [0, 0.05) is 23.8 Å². The molecule has 0 radical (unpaired) electrons. The van der Waals surface area contributed by atoms with Gasteiger partial charge in [-0.1, -0.05) is 17.7 Å². The Morgan fingerprint density at radius 2 is 1.93 bits per heavy atom. The molecule has 0 unspecified atom stereocenters. The molecule has 1 aromatic carbocycles. The molecule has 0 aliphatic carbocycles. The number of rotatable bonds is 6. The summed E-state index contributed by atoms with van der Waals surface area (Å²) in [5.74, 6) is -0.653. The predicted octanol–water partition coefficient (Wildman–Crippen LogP) is 4.79. The van der Waals surface area contributed by atoms with Crippen molar-refractivity contribution in [2.24, 2.45) is 0 Å². The van der Waals surface area contributed by atoms with Gasteiger partial charge in [0.15, 0.2) is 5.11 Å². The fraction of sp³-hybridized carbons (Fsp3) is 0.316. The van der Waals surface area contributed by atoms with Gasteiger partial charge < -0.3 is 20.3 Å². The number of esters is 1. The zero-order valence-electron chi connectivity index (χ0n) is 16.1. The molecule has 2 rings (SSSR count). The zero-order valence-corrected chi connectivity index (χ0v) is 18.5. The number of amides is 1. The molecule has 2 N–H and O–H groups in total. The summed E-state index contributed by atoms with van der Waals surface area (Å²) < 4.78 is 4.90. The van der Waals surface area contributed by atoms with Gasteiger partial charge in [-0.2, -0.15) is 0 Å². The fourth-order valence-corrected chi connectivity index (χ4v) is 4.28. The van der Waals surface area contributed by atoms with E-state index in [1.54, 1.807) is 30.0 Å². The Hall–Kier alpha value is -2.16. The van der Waals surface area contributed by atoms with Crippen molar-refractivity contribution < 1.29 is 14.3 Å². The third-order valence-corrected chi connectivity index (χ3v) is 5.73. The third kappa shape index (κ3) is 5.01. The van der Waals surface area contributed by atoms with Crippen LogP contribution in [0.3, 0.4) is 0 Å². The van der Waals surface area contributed by atoms with Gasteiger partial charge in [-0.05, 0) is 56.8 Å². The second-order valence-corrected chi connectivity index (χ2v) is 7.68. The van der Waals surface area contributed by atoms with E-state index in [-0.39, 0.29) is 11.0 Å². The molecule has 0 saturated carbocycles. The largest absolute Gasteiger partial charge is 0.465 e. The summed E-state index contributed by atoms with van der Waals surface area (Å²) in [6.45, 7) is 6.72. The molecule has 1 aromatic heterocycles. The first kappa shape index (κ1) is 22.1. The van der Waals surface area contributed by atoms with Crippen molar-refractivity contribution in [3.63, 3.8) is 0 Å². The Morgan fingerprint density at radius 1 is 1.25 bits per heavy atom. The van der Waals surface area contributed by atoms with E-state index in [4.69, 9.17) is 28.6 Å². The Labute approximate surface area is 178 Å². The number of thiophene rings is 1. The van der Waals surface area contributed by atoms with Gasteiger partial charge in [0.2, 0.25) is 0 Å². The van der Waals surface area contributed by atoms with E-state index in [1.165, 1.54) is 18.4 Å². The van der Waals surface area contributed by atoms with Gasteiger partial charge in [0.1, 0.15) is 5.00 Å². The van der Waals surface area contributed by atoms with E-state index in [0.717, 1.165) is 0 Å². The molecule has 28 heavy (non-hydrogen) atoms. The number of ether oxygens (including phenoxy) is 1. The quantitative estimate of drug-likeness (QED) is 0.498. The SMILES string of the molecule is CCN(CC)C(=O)c1sc(NC(=S)Nc2cccc(Cl)c2)c(C(=O)OC)c1C. The normalized spacial score (nSPS) is 10.3. The summed E-state index contributed by atoms with van der Waals surface area (Å²) in [6.07, 6.45) is 0. The molecule has 2 aromatic rings. The lowest BCUT2D eigenvalue weighted by molar-refractivity contribution is 0.0601. The van der Waals surface area contributed by atoms with Crippen LogP contribution in [0.25, 0.3) is 0 Å². The van der Waals surface area contributed by atoms with Gasteiger partial charge in [0.25, 0.3) is 5.91 Å². The maximum absolute atomic E-state index is 12.8. The number of carbonyl (C=O) groups is 2. The number of nitrogens with one attached hydrogen (secondary N) is 2. The average Bonchev–Trinajstić information content (AvgIpc) is 2.97. The van der Waals surface area contributed by atoms with Gasteiger partial charge >= 0.3 is 5.97 Å². The van der Waals surface area contributed by atoms with Gasteiger partial charge in [-0.25, -0.2) is 4.79 Å². The van der Waals surface area contributed by atoms with Crippen LogP contribution in [0, 0.1) is 6.92 Å². The van der Waals surface area contributed by atoms with Crippen molar-refractivity contribution in [2.75, 3.05) is 30.8 Å². The second-order valence-electron chi connectivity index (χ2n) is 5.82. The minimum absolute atomic E-state index is 0.126. The van der Waals surface area contributed by atoms with E-state index in [0.29, 0.717) is 44.8 Å². The standard InChI is InChI=1S/C19H22ClN3O3S2/c1-5-23(6-2)17(24)15-11(3)14(18(25)26-4)16(28-15)22-19(27)21-13-9-7-8-12(20)10-13/h7-10H,5-6H2,1-4H3,(H2,21,22,27). The van der Waals surface area contributed by atoms with Crippen LogP contribution in [0.5, 0.6) is 0 Å². The van der Waals surface area contributed by atoms with E-state index in [2.05, 4.69) is 10.6 Å². The highest BCUT2D eigenvalue weighted by Gasteiger charge is 2.27. The number of methoxy groups -OCH3 is 1. The summed E-state index contributed by atoms with van der Waals surface area (Å²) in [5, 5.41) is 7.33. The maximum Gasteiger partial charge on any atom is 0.341 e. The number of halogens is 1. The van der Waals surface area contributed by atoms with Gasteiger partial charge in [-0.15, -0.1) is 11.3 Å². The summed E-state index contributed by atoms with van der Waals surface area (Å²) in [5.41, 5.74) is 1.58. The van der Waals surface area contributed by atoms with Crippen LogP contribution in [0.4, 0.5) is 10.7 Å². The van der Waals surface area contributed by atoms with Crippen molar-refractivity contribution in [1.82, 2.24) is 4.90 Å². The topological polar surface area (TPSA) is 70.7 Å². The minimum atomic E-state index is -0.527. The first-order valence-corrected chi connectivity index (χ1v) is 10.3. The van der Waals surface area contributed by atoms with Crippen molar-refractivity contribution in [1.29, 1.82) is 0 Å². The van der Waals surface area contributed by atoms with E-state index in [1.807, 2.05) is 19.9 Å². The Balaban J connectivity index is 2.34. The van der Waals surface area contributed by atoms with Crippen molar-refractivity contribution >= 4 is 62.8 Å². The van der Waals surface area contributed by atoms with Crippen molar-refractivity contribution in [3.05, 3.63) is 45.3 Å². The zero-order chi connectivity index (χ0) is 20.8. The first-order chi connectivity index (χ1) is 13.3. The number of benzene rings is 1. The van der Waals surface area contributed by atoms with E-state index < -0.39 is 5.97 Å². The molecule has 0 atom stereocenters. The minimum Gasteiger partial charge on any atom is -0.465 e. The lowest BCUT2D eigenvalue weighted by Crippen LogP contribution is -2.30. The summed E-state index contributed by atoms with van der Waals surface area (Å²) in [6, 6.07) is 7.09. The van der Waals surface area contributed by atoms with Crippen LogP contribution in [-0.4, -0.2) is 42.1 Å². The monoisotopic (exact) mass is 439 g/mol. The average molecular weight is 440 g/mol. The molecule has 0 aliphatic heterocycles. The number of hydrogen-bond donors (Lipinski definition) is 2. The van der Waals surface area contributed by atoms with Crippen LogP contribution in [0.2, 0.25) is 5.02 Å². The number of thiocarbonyl (C=S) groups is 1. The molecule has 150 valence electrons. The highest BCUT2D eigenvalue weighted by atomic mass is 35.5. The smallest absolute Gasteiger partial charge is 0.341 e. The first-order valence-electron chi connectivity index (χ1n) is 8.66. The van der Waals surface area contributed by atoms with Crippen molar-refractivity contribution in [3.8, 4) is 0 Å². The predicted molar refractivity (Wildman–Crippen MR) is 119 cm³/mol. The number of carbonyl (C=O) groups excluding carboxylic acids is 2. The number of nitrogens with zero attached hydrogens (tertiary/aromatic N) is 1. The molecule has 0 aliphatic rings. The van der Waals surface area contributed by atoms with E-state index >= 15 is 0 Å². The maximum atomic E-state index is 12.8. The molecule has 0 spiro atoms. The lowest BCUT2D eigenvalue weighted by atomic mass is 10.1. The lowest BCUT2D eigenvalue weighted by Gasteiger charge is -2.17. The second kappa shape index (κ2) is 9.86. The summed E-state index contributed by atoms with van der Waals surface area (Å²) in [4.78, 5) is 27.3. The molecule has 6 nitrogen and oxygen atoms in total. The number of anilines is 2. The van der Waals surface area contributed by atoms with Crippen LogP contribution in [-0.2, 0) is 4.74 Å². The third-order valence-electron chi connectivity index (χ3n) is 4.09. The highest BCUT2D eigenvalue weighted by Crippen LogP contribution is 2.34. The van der Waals surface area contributed by atoms with Crippen LogP contribution < -0.4 is 10.6 Å². The molecule has 0 fully saturated rings. The van der Waals surface area contributed by atoms with Gasteiger partial charge in [-0.3, -0.25) is 4.79 Å². The summed E-state index contributed by atoms with van der Waals surface area (Å²) >= 11 is 12.5. The molecule has 9 heteroatoms. The van der Waals surface area contributed by atoms with E-state index in [9.17, 15) is 9.59 Å². The number of hydrogen-bond acceptors (Lipinski definition) is 5. The Morgan fingerprint density at radius 3 is 2.50 bits per heavy atom. The van der Waals surface area contributed by atoms with Gasteiger partial charge in [0.05, 0.1) is 17.6 Å². The Kier molecular flexibility index (Phi) is 7.79. The van der Waals surface area contributed by atoms with Crippen molar-refractivity contribution in [2.45, 2.75) is 20.8 Å². The summed E-state index contributed by atoms with van der Waals surface area (Å²) in [7, 11) is 1.30.